The Bertz CT molecular complexity index is 2270. The zero-order valence-corrected chi connectivity index (χ0v) is 27.0. The molecular formula is C38H35BrN4. The van der Waals surface area contributed by atoms with Gasteiger partial charge in [-0.1, -0.05) is 35.4 Å². The lowest BCUT2D eigenvalue weighted by molar-refractivity contribution is 1.19. The van der Waals surface area contributed by atoms with E-state index in [1.165, 1.54) is 44.5 Å². The number of fused-ring (bicyclic) bond motifs is 8. The van der Waals surface area contributed by atoms with Crippen molar-refractivity contribution in [3.8, 4) is 0 Å². The van der Waals surface area contributed by atoms with Crippen LogP contribution in [0.15, 0.2) is 72.8 Å². The Hall–Kier alpha value is -4.48. The predicted molar refractivity (Wildman–Crippen MR) is 181 cm³/mol. The van der Waals surface area contributed by atoms with Crippen LogP contribution in [0.25, 0.3) is 21.7 Å². The van der Waals surface area contributed by atoms with Crippen LogP contribution < -0.4 is 21.4 Å². The molecule has 0 saturated carbocycles. The van der Waals surface area contributed by atoms with Crippen molar-refractivity contribution in [3.63, 3.8) is 0 Å². The zero-order chi connectivity index (χ0) is 30.0. The van der Waals surface area contributed by atoms with E-state index in [-0.39, 0.29) is 0 Å². The van der Waals surface area contributed by atoms with Crippen LogP contribution in [-0.4, -0.2) is 19.9 Å². The maximum Gasteiger partial charge on any atom is 0.0645 e. The van der Waals surface area contributed by atoms with Gasteiger partial charge in [0.25, 0.3) is 0 Å². The smallest absolute Gasteiger partial charge is 0.0645 e. The van der Waals surface area contributed by atoms with Crippen LogP contribution in [0, 0.1) is 41.5 Å². The third-order valence-corrected chi connectivity index (χ3v) is 9.36. The average molecular weight is 628 g/mol. The molecule has 1 aliphatic heterocycles. The molecule has 4 nitrogen and oxygen atoms in total. The molecule has 2 aromatic carbocycles. The number of aromatic nitrogens is 4. The van der Waals surface area contributed by atoms with Crippen LogP contribution in [-0.2, 0) is 0 Å². The third-order valence-electron chi connectivity index (χ3n) is 8.50. The summed E-state index contributed by atoms with van der Waals surface area (Å²) in [7, 11) is 0. The van der Waals surface area contributed by atoms with Gasteiger partial charge in [-0.05, 0) is 145 Å². The molecular weight excluding hydrogens is 592 g/mol. The molecule has 1 aliphatic rings. The van der Waals surface area contributed by atoms with E-state index in [1.54, 1.807) is 0 Å². The van der Waals surface area contributed by atoms with Gasteiger partial charge in [-0.25, -0.2) is 0 Å². The molecule has 5 heteroatoms. The molecule has 0 unspecified atom stereocenters. The number of hydrogen-bond donors (Lipinski definition) is 4. The summed E-state index contributed by atoms with van der Waals surface area (Å²) in [6.45, 7) is 13.1. The Labute approximate surface area is 259 Å². The molecule has 0 amide bonds. The standard InChI is InChI=1S/C38H35BrN4/c1-20-15-22(3)34(23(4)16-20)36-28-9-7-26(40-28)19-27-8-10-29(41-27)37(35-24(5)17-21(2)18-25(35)6)31-12-14-33(43-31)38(39)32-13-11-30(36)42-32/h7-19,40-43H,1-6H3. The lowest BCUT2D eigenvalue weighted by Crippen LogP contribution is -2.17. The van der Waals surface area contributed by atoms with E-state index in [1.807, 2.05) is 0 Å². The Balaban J connectivity index is 1.57. The van der Waals surface area contributed by atoms with E-state index in [2.05, 4.69) is 156 Å². The highest BCUT2D eigenvalue weighted by molar-refractivity contribution is 9.15. The Morgan fingerprint density at radius 3 is 1.58 bits per heavy atom. The molecule has 4 N–H and O–H groups in total. The first-order valence-electron chi connectivity index (χ1n) is 14.7. The fraction of sp³-hybridized carbons (Fsp3) is 0.158. The van der Waals surface area contributed by atoms with Crippen LogP contribution in [0.5, 0.6) is 0 Å². The number of nitrogens with one attached hydrogen (secondary N) is 4. The minimum Gasteiger partial charge on any atom is -0.355 e. The fourth-order valence-corrected chi connectivity index (χ4v) is 7.37. The monoisotopic (exact) mass is 626 g/mol. The van der Waals surface area contributed by atoms with Crippen LogP contribution >= 0.6 is 15.9 Å². The van der Waals surface area contributed by atoms with Gasteiger partial charge in [0, 0.05) is 44.3 Å². The number of benzene rings is 2. The first-order valence-corrected chi connectivity index (χ1v) is 15.5. The molecule has 5 heterocycles. The highest BCUT2D eigenvalue weighted by Crippen LogP contribution is 2.30. The fourth-order valence-electron chi connectivity index (χ4n) is 6.91. The Kier molecular flexibility index (Phi) is 6.59. The molecule has 0 aliphatic carbocycles. The van der Waals surface area contributed by atoms with Crippen molar-refractivity contribution in [3.05, 3.63) is 161 Å². The van der Waals surface area contributed by atoms with Gasteiger partial charge in [-0.2, -0.15) is 0 Å². The lowest BCUT2D eigenvalue weighted by Gasteiger charge is -2.14. The number of hydrogen-bond acceptors (Lipinski definition) is 0. The largest absolute Gasteiger partial charge is 0.355 e. The molecule has 4 aromatic heterocycles. The molecule has 0 spiro atoms. The zero-order valence-electron chi connectivity index (χ0n) is 25.4. The number of rotatable bonds is 2. The van der Waals surface area contributed by atoms with E-state index >= 15 is 0 Å². The topological polar surface area (TPSA) is 63.2 Å². The molecule has 7 rings (SSSR count). The quantitative estimate of drug-likeness (QED) is 0.181. The van der Waals surface area contributed by atoms with Gasteiger partial charge in [0.2, 0.25) is 0 Å². The van der Waals surface area contributed by atoms with E-state index in [4.69, 9.17) is 0 Å². The summed E-state index contributed by atoms with van der Waals surface area (Å²) in [5.74, 6) is 0. The van der Waals surface area contributed by atoms with Crippen molar-refractivity contribution in [2.45, 2.75) is 41.5 Å². The molecule has 0 fully saturated rings. The molecule has 214 valence electrons. The Morgan fingerprint density at radius 2 is 0.953 bits per heavy atom. The predicted octanol–water partition coefficient (Wildman–Crippen LogP) is 6.04. The van der Waals surface area contributed by atoms with Crippen LogP contribution in [0.3, 0.4) is 0 Å². The average Bonchev–Trinajstić information content (AvgIpc) is 3.75. The van der Waals surface area contributed by atoms with Crippen molar-refractivity contribution in [2.75, 3.05) is 0 Å². The second kappa shape index (κ2) is 10.4. The maximum atomic E-state index is 3.94. The van der Waals surface area contributed by atoms with E-state index < -0.39 is 0 Å². The SMILES string of the molecule is Cc1cc(C)c(C2=c3ccc([nH]3)=Cc3ccc([nH]3)C(c3c(C)cc(C)cc3C)=c3ccc([nH]3)=C(Br)c3ccc2[nH]3)c(C)c1. The van der Waals surface area contributed by atoms with Gasteiger partial charge in [0.15, 0.2) is 0 Å². The summed E-state index contributed by atoms with van der Waals surface area (Å²) in [5.41, 5.74) is 16.6. The molecule has 0 saturated heterocycles. The van der Waals surface area contributed by atoms with Crippen molar-refractivity contribution < 1.29 is 0 Å². The number of halogens is 1. The van der Waals surface area contributed by atoms with Crippen LogP contribution in [0.4, 0.5) is 0 Å². The van der Waals surface area contributed by atoms with Crippen molar-refractivity contribution >= 4 is 37.6 Å². The Morgan fingerprint density at radius 1 is 0.465 bits per heavy atom. The molecule has 43 heavy (non-hydrogen) atoms. The van der Waals surface area contributed by atoms with Gasteiger partial charge in [0.1, 0.15) is 0 Å². The van der Waals surface area contributed by atoms with E-state index in [0.717, 1.165) is 59.8 Å². The van der Waals surface area contributed by atoms with E-state index in [9.17, 15) is 0 Å². The van der Waals surface area contributed by atoms with Gasteiger partial charge >= 0.3 is 0 Å². The summed E-state index contributed by atoms with van der Waals surface area (Å²) in [6.07, 6.45) is 2.18. The van der Waals surface area contributed by atoms with Crippen molar-refractivity contribution in [2.24, 2.45) is 0 Å². The second-order valence-electron chi connectivity index (χ2n) is 12.0. The summed E-state index contributed by atoms with van der Waals surface area (Å²) >= 11 is 3.94. The first kappa shape index (κ1) is 27.4. The molecule has 6 aromatic rings. The van der Waals surface area contributed by atoms with Crippen molar-refractivity contribution in [1.82, 2.24) is 19.9 Å². The molecule has 8 bridgehead atoms. The number of aromatic amines is 4. The normalized spacial score (nSPS) is 13.0. The third kappa shape index (κ3) is 4.78. The van der Waals surface area contributed by atoms with Crippen LogP contribution in [0.1, 0.15) is 67.3 Å². The lowest BCUT2D eigenvalue weighted by atomic mass is 9.92. The van der Waals surface area contributed by atoms with Gasteiger partial charge in [-0.15, -0.1) is 0 Å². The minimum absolute atomic E-state index is 0.984. The van der Waals surface area contributed by atoms with Crippen molar-refractivity contribution in [1.29, 1.82) is 0 Å². The maximum absolute atomic E-state index is 3.94. The van der Waals surface area contributed by atoms with E-state index in [0.29, 0.717) is 0 Å². The summed E-state index contributed by atoms with van der Waals surface area (Å²) in [4.78, 5) is 14.9. The van der Waals surface area contributed by atoms with Gasteiger partial charge in [0.05, 0.1) is 15.5 Å². The van der Waals surface area contributed by atoms with Crippen LogP contribution in [0.2, 0.25) is 0 Å². The minimum atomic E-state index is 0.984. The summed E-state index contributed by atoms with van der Waals surface area (Å²) in [5, 5.41) is 4.20. The first-order chi connectivity index (χ1) is 20.7. The molecule has 0 atom stereocenters. The number of aryl methyl sites for hydroxylation is 6. The number of H-pyrrole nitrogens is 4. The summed E-state index contributed by atoms with van der Waals surface area (Å²) in [6, 6.07) is 26.4. The highest BCUT2D eigenvalue weighted by atomic mass is 79.9. The van der Waals surface area contributed by atoms with Gasteiger partial charge < -0.3 is 19.9 Å². The molecule has 0 radical (unpaired) electrons. The highest BCUT2D eigenvalue weighted by Gasteiger charge is 2.18. The van der Waals surface area contributed by atoms with Gasteiger partial charge in [-0.3, -0.25) is 0 Å². The second-order valence-corrected chi connectivity index (χ2v) is 12.8. The summed E-state index contributed by atoms with van der Waals surface area (Å²) < 4.78 is 0.984.